The molecular weight excluding hydrogens is 295 g/mol. The maximum atomic E-state index is 14.1. The second-order valence-corrected chi connectivity index (χ2v) is 5.38. The minimum atomic E-state index is -2.72. The Hall–Kier alpha value is -2.51. The van der Waals surface area contributed by atoms with Crippen LogP contribution in [0.25, 0.3) is 5.73 Å². The van der Waals surface area contributed by atoms with Crippen molar-refractivity contribution in [1.82, 2.24) is 9.78 Å². The second-order valence-electron chi connectivity index (χ2n) is 5.38. The van der Waals surface area contributed by atoms with E-state index in [0.717, 1.165) is 0 Å². The van der Waals surface area contributed by atoms with Gasteiger partial charge >= 0.3 is 0 Å². The average molecular weight is 308 g/mol. The lowest BCUT2D eigenvalue weighted by atomic mass is 9.90. The lowest BCUT2D eigenvalue weighted by Gasteiger charge is -2.31. The molecule has 0 fully saturated rings. The molecule has 1 atom stereocenters. The summed E-state index contributed by atoms with van der Waals surface area (Å²) in [6.07, 6.45) is -2.72. The van der Waals surface area contributed by atoms with Gasteiger partial charge in [0.2, 0.25) is 0 Å². The van der Waals surface area contributed by atoms with E-state index in [4.69, 9.17) is 11.5 Å². The van der Waals surface area contributed by atoms with Gasteiger partial charge in [0.1, 0.15) is 28.6 Å². The largest absolute Gasteiger partial charge is 0.699 e. The van der Waals surface area contributed by atoms with E-state index in [2.05, 4.69) is 10.1 Å². The van der Waals surface area contributed by atoms with Crippen LogP contribution in [0, 0.1) is 5.82 Å². The van der Waals surface area contributed by atoms with Gasteiger partial charge in [-0.05, 0) is 19.1 Å². The van der Waals surface area contributed by atoms with Crippen molar-refractivity contribution in [2.24, 2.45) is 10.7 Å². The van der Waals surface area contributed by atoms with Gasteiger partial charge in [-0.1, -0.05) is 12.1 Å². The van der Waals surface area contributed by atoms with Crippen molar-refractivity contribution >= 4 is 11.5 Å². The van der Waals surface area contributed by atoms with Gasteiger partial charge < -0.3 is 11.5 Å². The third kappa shape index (κ3) is 2.20. The molecule has 0 aliphatic carbocycles. The number of aromatic nitrogens is 2. The van der Waals surface area contributed by atoms with Gasteiger partial charge in [-0.25, -0.2) is 13.2 Å². The molecule has 1 aromatic carbocycles. The van der Waals surface area contributed by atoms with E-state index in [1.807, 2.05) is 0 Å². The van der Waals surface area contributed by atoms with Crippen molar-refractivity contribution in [2.45, 2.75) is 25.4 Å². The SMILES string of the molecule is CC1(c2cc([NH-])ccc2F)Cn2nc(C(F)F)cc2C(N)=N1. The molecule has 0 radical (unpaired) electrons. The third-order valence-electron chi connectivity index (χ3n) is 3.66. The number of halogens is 3. The molecule has 2 heterocycles. The number of hydrogen-bond acceptors (Lipinski definition) is 3. The highest BCUT2D eigenvalue weighted by Crippen LogP contribution is 2.35. The smallest absolute Gasteiger partial charge is 0.282 e. The Kier molecular flexibility index (Phi) is 3.12. The molecule has 0 spiro atoms. The van der Waals surface area contributed by atoms with Crippen molar-refractivity contribution in [3.63, 3.8) is 0 Å². The molecule has 1 aliphatic heterocycles. The summed E-state index contributed by atoms with van der Waals surface area (Å²) in [5.41, 5.74) is 12.6. The van der Waals surface area contributed by atoms with Gasteiger partial charge in [0.25, 0.3) is 6.43 Å². The second kappa shape index (κ2) is 4.75. The number of alkyl halides is 2. The van der Waals surface area contributed by atoms with Gasteiger partial charge in [-0.2, -0.15) is 5.10 Å². The van der Waals surface area contributed by atoms with Gasteiger partial charge in [-0.15, -0.1) is 5.69 Å². The zero-order valence-corrected chi connectivity index (χ0v) is 11.6. The Morgan fingerprint density at radius 1 is 1.36 bits per heavy atom. The Labute approximate surface area is 124 Å². The molecule has 116 valence electrons. The molecule has 3 N–H and O–H groups in total. The molecule has 0 bridgehead atoms. The van der Waals surface area contributed by atoms with E-state index in [-0.39, 0.29) is 29.3 Å². The Morgan fingerprint density at radius 3 is 2.77 bits per heavy atom. The monoisotopic (exact) mass is 308 g/mol. The fourth-order valence-electron chi connectivity index (χ4n) is 2.60. The van der Waals surface area contributed by atoms with Crippen LogP contribution in [0.1, 0.15) is 30.3 Å². The highest BCUT2D eigenvalue weighted by molar-refractivity contribution is 5.97. The first-order valence-corrected chi connectivity index (χ1v) is 6.53. The van der Waals surface area contributed by atoms with E-state index in [1.165, 1.54) is 28.9 Å². The van der Waals surface area contributed by atoms with Crippen LogP contribution in [0.4, 0.5) is 18.9 Å². The fraction of sp³-hybridized carbons (Fsp3) is 0.286. The Bertz CT molecular complexity index is 768. The van der Waals surface area contributed by atoms with Crippen LogP contribution < -0.4 is 5.73 Å². The molecule has 5 nitrogen and oxygen atoms in total. The van der Waals surface area contributed by atoms with Crippen LogP contribution in [0.5, 0.6) is 0 Å². The topological polar surface area (TPSA) is 80.0 Å². The van der Waals surface area contributed by atoms with Gasteiger partial charge in [0.05, 0.1) is 6.54 Å². The molecule has 22 heavy (non-hydrogen) atoms. The minimum absolute atomic E-state index is 0.0166. The zero-order chi connectivity index (χ0) is 16.1. The first-order valence-electron chi connectivity index (χ1n) is 6.53. The lowest BCUT2D eigenvalue weighted by molar-refractivity contribution is 0.144. The molecule has 0 saturated heterocycles. The van der Waals surface area contributed by atoms with Crippen molar-refractivity contribution in [3.05, 3.63) is 52.8 Å². The lowest BCUT2D eigenvalue weighted by Crippen LogP contribution is -2.37. The van der Waals surface area contributed by atoms with Crippen molar-refractivity contribution < 1.29 is 13.2 Å². The molecule has 2 aromatic rings. The molecule has 3 rings (SSSR count). The molecule has 1 aromatic heterocycles. The van der Waals surface area contributed by atoms with Crippen LogP contribution in [-0.2, 0) is 12.1 Å². The molecule has 8 heteroatoms. The summed E-state index contributed by atoms with van der Waals surface area (Å²) in [6, 6.07) is 5.04. The molecule has 1 aliphatic rings. The minimum Gasteiger partial charge on any atom is -0.699 e. The average Bonchev–Trinajstić information content (AvgIpc) is 2.85. The van der Waals surface area contributed by atoms with E-state index in [9.17, 15) is 13.2 Å². The number of fused-ring (bicyclic) bond motifs is 1. The van der Waals surface area contributed by atoms with Crippen molar-refractivity contribution in [1.29, 1.82) is 0 Å². The highest BCUT2D eigenvalue weighted by Gasteiger charge is 2.35. The van der Waals surface area contributed by atoms with Crippen LogP contribution >= 0.6 is 0 Å². The number of nitrogens with one attached hydrogen (secondary N) is 1. The zero-order valence-electron chi connectivity index (χ0n) is 11.6. The van der Waals surface area contributed by atoms with Crippen LogP contribution in [0.3, 0.4) is 0 Å². The first-order chi connectivity index (χ1) is 10.3. The molecular formula is C14H13F3N5-. The van der Waals surface area contributed by atoms with Crippen LogP contribution in [-0.4, -0.2) is 15.6 Å². The summed E-state index contributed by atoms with van der Waals surface area (Å²) in [5.74, 6) is -0.511. The summed E-state index contributed by atoms with van der Waals surface area (Å²) < 4.78 is 40.9. The normalized spacial score (nSPS) is 20.9. The van der Waals surface area contributed by atoms with Crippen LogP contribution in [0.15, 0.2) is 29.3 Å². The number of nitrogens with zero attached hydrogens (tertiary/aromatic N) is 3. The number of amidine groups is 1. The summed E-state index contributed by atoms with van der Waals surface area (Å²) in [7, 11) is 0. The molecule has 0 amide bonds. The van der Waals surface area contributed by atoms with Crippen molar-refractivity contribution in [2.75, 3.05) is 0 Å². The number of aliphatic imine (C=N–C) groups is 1. The van der Waals surface area contributed by atoms with E-state index >= 15 is 0 Å². The van der Waals surface area contributed by atoms with Gasteiger partial charge in [0, 0.05) is 5.56 Å². The van der Waals surface area contributed by atoms with E-state index in [1.54, 1.807) is 6.92 Å². The Morgan fingerprint density at radius 2 is 2.09 bits per heavy atom. The summed E-state index contributed by atoms with van der Waals surface area (Å²) in [6.45, 7) is 1.69. The maximum Gasteiger partial charge on any atom is 0.282 e. The molecule has 0 saturated carbocycles. The summed E-state index contributed by atoms with van der Waals surface area (Å²) in [4.78, 5) is 4.27. The summed E-state index contributed by atoms with van der Waals surface area (Å²) in [5, 5.41) is 3.81. The van der Waals surface area contributed by atoms with E-state index in [0.29, 0.717) is 0 Å². The Balaban J connectivity index is 2.10. The fourth-order valence-corrected chi connectivity index (χ4v) is 2.60. The predicted molar refractivity (Wildman–Crippen MR) is 75.6 cm³/mol. The van der Waals surface area contributed by atoms with Crippen molar-refractivity contribution in [3.8, 4) is 0 Å². The third-order valence-corrected chi connectivity index (χ3v) is 3.66. The predicted octanol–water partition coefficient (Wildman–Crippen LogP) is 3.28. The van der Waals surface area contributed by atoms with Gasteiger partial charge in [-0.3, -0.25) is 9.67 Å². The van der Waals surface area contributed by atoms with E-state index < -0.39 is 23.5 Å². The highest BCUT2D eigenvalue weighted by atomic mass is 19.3. The maximum absolute atomic E-state index is 14.1. The number of nitrogens with two attached hydrogens (primary N) is 1. The summed E-state index contributed by atoms with van der Waals surface area (Å²) >= 11 is 0. The quantitative estimate of drug-likeness (QED) is 0.923. The first kappa shape index (κ1) is 14.4. The van der Waals surface area contributed by atoms with Gasteiger partial charge in [0.15, 0.2) is 0 Å². The standard InChI is InChI=1S/C14H13F3N5/c1-14(8-4-7(18)2-3-9(8)15)6-22-11(13(19)20-14)5-10(21-22)12(16)17/h2-5,12,18H,6H2,1H3,(H2,19,20)/q-1. The number of hydrogen-bond donors (Lipinski definition) is 1. The number of rotatable bonds is 2. The number of benzene rings is 1. The molecule has 1 unspecified atom stereocenters. The van der Waals surface area contributed by atoms with Crippen LogP contribution in [0.2, 0.25) is 0 Å².